The minimum absolute atomic E-state index is 0.659. The zero-order valence-corrected chi connectivity index (χ0v) is 12.0. The SMILES string of the molecule is CSc1c(N)nsc1N(C)CCCN(C)C. The van der Waals surface area contributed by atoms with Crippen molar-refractivity contribution >= 4 is 34.1 Å². The smallest absolute Gasteiger partial charge is 0.153 e. The van der Waals surface area contributed by atoms with Crippen molar-refractivity contribution in [1.29, 1.82) is 0 Å². The maximum absolute atomic E-state index is 5.81. The summed E-state index contributed by atoms with van der Waals surface area (Å²) in [6.07, 6.45) is 3.19. The number of anilines is 2. The number of nitrogens with two attached hydrogens (primary N) is 1. The Morgan fingerprint density at radius 2 is 2.00 bits per heavy atom. The molecule has 0 radical (unpaired) electrons. The van der Waals surface area contributed by atoms with Crippen molar-refractivity contribution in [3.05, 3.63) is 0 Å². The molecular formula is C10H20N4S2. The van der Waals surface area contributed by atoms with Gasteiger partial charge in [0.2, 0.25) is 0 Å². The lowest BCUT2D eigenvalue weighted by molar-refractivity contribution is 0.402. The van der Waals surface area contributed by atoms with Gasteiger partial charge < -0.3 is 15.5 Å². The van der Waals surface area contributed by atoms with Crippen LogP contribution >= 0.6 is 23.3 Å². The monoisotopic (exact) mass is 260 g/mol. The largest absolute Gasteiger partial charge is 0.382 e. The second kappa shape index (κ2) is 6.32. The third kappa shape index (κ3) is 3.54. The molecule has 0 amide bonds. The van der Waals surface area contributed by atoms with Crippen LogP contribution in [0, 0.1) is 0 Å². The molecule has 0 fully saturated rings. The minimum Gasteiger partial charge on any atom is -0.382 e. The van der Waals surface area contributed by atoms with Crippen molar-refractivity contribution in [3.8, 4) is 0 Å². The first-order chi connectivity index (χ1) is 7.56. The van der Waals surface area contributed by atoms with Crippen molar-refractivity contribution < 1.29 is 0 Å². The third-order valence-corrected chi connectivity index (χ3v) is 4.22. The predicted molar refractivity (Wildman–Crippen MR) is 74.7 cm³/mol. The van der Waals surface area contributed by atoms with E-state index in [4.69, 9.17) is 5.73 Å². The number of thioether (sulfide) groups is 1. The van der Waals surface area contributed by atoms with Crippen LogP contribution in [0.3, 0.4) is 0 Å². The topological polar surface area (TPSA) is 45.4 Å². The molecule has 0 saturated heterocycles. The first-order valence-corrected chi connectivity index (χ1v) is 7.21. The summed E-state index contributed by atoms with van der Waals surface area (Å²) in [4.78, 5) is 5.55. The second-order valence-corrected chi connectivity index (χ2v) is 5.55. The lowest BCUT2D eigenvalue weighted by Gasteiger charge is -2.19. The average molecular weight is 260 g/mol. The number of nitrogens with zero attached hydrogens (tertiary/aromatic N) is 3. The number of hydrogen-bond donors (Lipinski definition) is 1. The molecule has 4 nitrogen and oxygen atoms in total. The number of hydrogen-bond acceptors (Lipinski definition) is 6. The Kier molecular flexibility index (Phi) is 5.37. The maximum atomic E-state index is 5.81. The van der Waals surface area contributed by atoms with Gasteiger partial charge in [-0.15, -0.1) is 11.8 Å². The molecule has 6 heteroatoms. The zero-order valence-electron chi connectivity index (χ0n) is 10.4. The Labute approximate surface area is 106 Å². The number of nitrogen functional groups attached to an aromatic ring is 1. The highest BCUT2D eigenvalue weighted by Crippen LogP contribution is 2.36. The van der Waals surface area contributed by atoms with Gasteiger partial charge >= 0.3 is 0 Å². The van der Waals surface area contributed by atoms with Gasteiger partial charge in [-0.25, -0.2) is 0 Å². The summed E-state index contributed by atoms with van der Waals surface area (Å²) in [6, 6.07) is 0. The summed E-state index contributed by atoms with van der Waals surface area (Å²) in [5, 5.41) is 1.18. The van der Waals surface area contributed by atoms with Crippen LogP contribution in [-0.4, -0.2) is 49.8 Å². The van der Waals surface area contributed by atoms with E-state index in [0.717, 1.165) is 24.4 Å². The minimum atomic E-state index is 0.659. The average Bonchev–Trinajstić information content (AvgIpc) is 2.58. The van der Waals surface area contributed by atoms with Gasteiger partial charge in [0.25, 0.3) is 0 Å². The Morgan fingerprint density at radius 3 is 2.56 bits per heavy atom. The van der Waals surface area contributed by atoms with Crippen LogP contribution in [0.2, 0.25) is 0 Å². The molecule has 0 unspecified atom stereocenters. The number of rotatable bonds is 6. The van der Waals surface area contributed by atoms with Gasteiger partial charge in [-0.05, 0) is 44.8 Å². The molecule has 0 aliphatic heterocycles. The van der Waals surface area contributed by atoms with Gasteiger partial charge in [0.05, 0.1) is 4.90 Å². The molecule has 0 aromatic carbocycles. The lowest BCUT2D eigenvalue weighted by atomic mass is 10.4. The molecule has 92 valence electrons. The van der Waals surface area contributed by atoms with Crippen molar-refractivity contribution in [2.45, 2.75) is 11.3 Å². The molecule has 1 aromatic heterocycles. The molecule has 0 bridgehead atoms. The first kappa shape index (κ1) is 13.6. The standard InChI is InChI=1S/C10H20N4S2/c1-13(2)6-5-7-14(3)10-8(15-4)9(11)12-16-10/h5-7H2,1-4H3,(H2,11,12). The van der Waals surface area contributed by atoms with Gasteiger partial charge in [0.1, 0.15) is 5.00 Å². The Balaban J connectivity index is 2.55. The Morgan fingerprint density at radius 1 is 1.31 bits per heavy atom. The van der Waals surface area contributed by atoms with Crippen LogP contribution < -0.4 is 10.6 Å². The van der Waals surface area contributed by atoms with E-state index < -0.39 is 0 Å². The summed E-state index contributed by atoms with van der Waals surface area (Å²) >= 11 is 3.15. The van der Waals surface area contributed by atoms with E-state index in [1.165, 1.54) is 16.5 Å². The first-order valence-electron chi connectivity index (χ1n) is 5.21. The molecule has 0 saturated carbocycles. The normalized spacial score (nSPS) is 11.1. The molecule has 0 spiro atoms. The van der Waals surface area contributed by atoms with Gasteiger partial charge in [-0.3, -0.25) is 0 Å². The fourth-order valence-electron chi connectivity index (χ4n) is 1.45. The fraction of sp³-hybridized carbons (Fsp3) is 0.700. The van der Waals surface area contributed by atoms with Gasteiger partial charge in [0, 0.05) is 13.6 Å². The molecule has 1 heterocycles. The molecule has 1 aromatic rings. The molecule has 0 aliphatic carbocycles. The highest BCUT2D eigenvalue weighted by atomic mass is 32.2. The highest BCUT2D eigenvalue weighted by molar-refractivity contribution is 7.99. The lowest BCUT2D eigenvalue weighted by Crippen LogP contribution is -2.23. The zero-order chi connectivity index (χ0) is 12.1. The van der Waals surface area contributed by atoms with Crippen LogP contribution in [0.25, 0.3) is 0 Å². The molecule has 2 N–H and O–H groups in total. The van der Waals surface area contributed by atoms with E-state index in [0.29, 0.717) is 5.82 Å². The Hall–Kier alpha value is -0.460. The third-order valence-electron chi connectivity index (χ3n) is 2.31. The van der Waals surface area contributed by atoms with Crippen molar-refractivity contribution in [1.82, 2.24) is 9.27 Å². The van der Waals surface area contributed by atoms with Crippen LogP contribution in [0.4, 0.5) is 10.8 Å². The molecule has 1 rings (SSSR count). The van der Waals surface area contributed by atoms with E-state index >= 15 is 0 Å². The van der Waals surface area contributed by atoms with Crippen molar-refractivity contribution in [3.63, 3.8) is 0 Å². The molecule has 0 aliphatic rings. The second-order valence-electron chi connectivity index (χ2n) is 3.98. The van der Waals surface area contributed by atoms with E-state index in [1.54, 1.807) is 11.8 Å². The van der Waals surface area contributed by atoms with Crippen molar-refractivity contribution in [2.24, 2.45) is 0 Å². The van der Waals surface area contributed by atoms with E-state index in [-0.39, 0.29) is 0 Å². The van der Waals surface area contributed by atoms with Crippen molar-refractivity contribution in [2.75, 3.05) is 51.1 Å². The molecule has 16 heavy (non-hydrogen) atoms. The van der Waals surface area contributed by atoms with E-state index in [2.05, 4.69) is 35.3 Å². The van der Waals surface area contributed by atoms with Crippen LogP contribution in [0.5, 0.6) is 0 Å². The summed E-state index contributed by atoms with van der Waals surface area (Å²) < 4.78 is 4.20. The van der Waals surface area contributed by atoms with Crippen LogP contribution in [-0.2, 0) is 0 Å². The Bertz CT molecular complexity index is 325. The summed E-state index contributed by atoms with van der Waals surface area (Å²) in [5.41, 5.74) is 5.81. The van der Waals surface area contributed by atoms with Crippen LogP contribution in [0.1, 0.15) is 6.42 Å². The fourth-order valence-corrected chi connectivity index (χ4v) is 3.14. The predicted octanol–water partition coefficient (Wildman–Crippen LogP) is 1.84. The van der Waals surface area contributed by atoms with Gasteiger partial charge in [-0.1, -0.05) is 0 Å². The highest BCUT2D eigenvalue weighted by Gasteiger charge is 2.13. The summed E-state index contributed by atoms with van der Waals surface area (Å²) in [7, 11) is 6.29. The van der Waals surface area contributed by atoms with Gasteiger partial charge in [-0.2, -0.15) is 4.37 Å². The quantitative estimate of drug-likeness (QED) is 0.791. The van der Waals surface area contributed by atoms with E-state index in [1.807, 2.05) is 6.26 Å². The number of aromatic nitrogens is 1. The summed E-state index contributed by atoms with van der Waals surface area (Å²) in [5.74, 6) is 0.659. The van der Waals surface area contributed by atoms with Crippen LogP contribution in [0.15, 0.2) is 4.90 Å². The maximum Gasteiger partial charge on any atom is 0.153 e. The summed E-state index contributed by atoms with van der Waals surface area (Å²) in [6.45, 7) is 2.14. The molecule has 0 atom stereocenters. The van der Waals surface area contributed by atoms with Gasteiger partial charge in [0.15, 0.2) is 5.82 Å². The molecular weight excluding hydrogens is 240 g/mol. The van der Waals surface area contributed by atoms with E-state index in [9.17, 15) is 0 Å².